The Morgan fingerprint density at radius 3 is 2.76 bits per heavy atom. The topological polar surface area (TPSA) is 46.9 Å². The zero-order chi connectivity index (χ0) is 12.4. The molecule has 0 aliphatic heterocycles. The minimum Gasteiger partial charge on any atom is -0.354 e. The van der Waals surface area contributed by atoms with Crippen molar-refractivity contribution in [1.82, 2.24) is 14.9 Å². The molecule has 0 unspecified atom stereocenters. The van der Waals surface area contributed by atoms with Crippen molar-refractivity contribution in [2.45, 2.75) is 26.3 Å². The van der Waals surface area contributed by atoms with Gasteiger partial charge < -0.3 is 9.88 Å². The molecule has 2 rings (SSSR count). The summed E-state index contributed by atoms with van der Waals surface area (Å²) in [7, 11) is 1.94. The molecule has 0 aliphatic carbocycles. The first kappa shape index (κ1) is 11.6. The van der Waals surface area contributed by atoms with Crippen LogP contribution in [0.25, 0.3) is 11.0 Å². The van der Waals surface area contributed by atoms with Gasteiger partial charge in [-0.2, -0.15) is 0 Å². The summed E-state index contributed by atoms with van der Waals surface area (Å²) in [6.45, 7) is 3.90. The van der Waals surface area contributed by atoms with E-state index in [1.165, 1.54) is 0 Å². The van der Waals surface area contributed by atoms with Crippen LogP contribution >= 0.6 is 0 Å². The fraction of sp³-hybridized carbons (Fsp3) is 0.385. The van der Waals surface area contributed by atoms with Crippen LogP contribution < -0.4 is 5.32 Å². The molecule has 0 atom stereocenters. The van der Waals surface area contributed by atoms with Crippen LogP contribution in [0.2, 0.25) is 0 Å². The number of carbonyl (C=O) groups excluding carboxylic acids is 1. The van der Waals surface area contributed by atoms with Crippen LogP contribution in [0.5, 0.6) is 0 Å². The van der Waals surface area contributed by atoms with Crippen molar-refractivity contribution in [3.63, 3.8) is 0 Å². The van der Waals surface area contributed by atoms with Crippen molar-refractivity contribution in [2.75, 3.05) is 0 Å². The second-order valence-corrected chi connectivity index (χ2v) is 4.47. The Labute approximate surface area is 101 Å². The van der Waals surface area contributed by atoms with Gasteiger partial charge in [0.2, 0.25) is 5.91 Å². The number of amides is 1. The fourth-order valence-corrected chi connectivity index (χ4v) is 1.87. The third-order valence-electron chi connectivity index (χ3n) is 2.65. The molecule has 0 radical (unpaired) electrons. The monoisotopic (exact) mass is 231 g/mol. The number of para-hydroxylation sites is 2. The third-order valence-corrected chi connectivity index (χ3v) is 2.65. The number of imidazole rings is 1. The Hall–Kier alpha value is -1.84. The maximum absolute atomic E-state index is 11.7. The van der Waals surface area contributed by atoms with Crippen LogP contribution in [0.1, 0.15) is 19.7 Å². The van der Waals surface area contributed by atoms with Gasteiger partial charge in [-0.05, 0) is 26.0 Å². The van der Waals surface area contributed by atoms with E-state index in [0.717, 1.165) is 16.9 Å². The molecule has 1 aromatic heterocycles. The number of carbonyl (C=O) groups is 1. The molecular formula is C13H17N3O. The number of aryl methyl sites for hydroxylation is 1. The maximum atomic E-state index is 11.7. The van der Waals surface area contributed by atoms with Crippen molar-refractivity contribution in [3.05, 3.63) is 30.1 Å². The van der Waals surface area contributed by atoms with E-state index in [0.29, 0.717) is 6.42 Å². The number of hydrogen-bond acceptors (Lipinski definition) is 2. The number of benzene rings is 1. The summed E-state index contributed by atoms with van der Waals surface area (Å²) in [5.74, 6) is 0.808. The minimum atomic E-state index is 0.0124. The van der Waals surface area contributed by atoms with Gasteiger partial charge in [0, 0.05) is 13.1 Å². The lowest BCUT2D eigenvalue weighted by Crippen LogP contribution is -2.32. The Kier molecular flexibility index (Phi) is 3.13. The SMILES string of the molecule is CC(C)NC(=O)Cc1nc2ccccc2n1C. The zero-order valence-electron chi connectivity index (χ0n) is 10.4. The van der Waals surface area contributed by atoms with Gasteiger partial charge in [-0.15, -0.1) is 0 Å². The number of nitrogens with zero attached hydrogens (tertiary/aromatic N) is 2. The van der Waals surface area contributed by atoms with E-state index in [9.17, 15) is 4.79 Å². The first-order chi connectivity index (χ1) is 8.08. The summed E-state index contributed by atoms with van der Waals surface area (Å²) < 4.78 is 1.97. The molecule has 0 bridgehead atoms. The second kappa shape index (κ2) is 4.57. The molecule has 1 heterocycles. The first-order valence-corrected chi connectivity index (χ1v) is 5.77. The quantitative estimate of drug-likeness (QED) is 0.873. The molecule has 1 N–H and O–H groups in total. The van der Waals surface area contributed by atoms with Gasteiger partial charge in [-0.25, -0.2) is 4.98 Å². The Balaban J connectivity index is 2.24. The average molecular weight is 231 g/mol. The van der Waals surface area contributed by atoms with Gasteiger partial charge >= 0.3 is 0 Å². The number of fused-ring (bicyclic) bond motifs is 1. The molecule has 0 saturated heterocycles. The molecule has 0 saturated carbocycles. The predicted octanol–water partition coefficient (Wildman–Crippen LogP) is 1.64. The van der Waals surface area contributed by atoms with E-state index >= 15 is 0 Å². The Bertz CT molecular complexity index is 543. The fourth-order valence-electron chi connectivity index (χ4n) is 1.87. The molecule has 17 heavy (non-hydrogen) atoms. The lowest BCUT2D eigenvalue weighted by molar-refractivity contribution is -0.121. The van der Waals surface area contributed by atoms with Gasteiger partial charge in [0.05, 0.1) is 17.5 Å². The van der Waals surface area contributed by atoms with Gasteiger partial charge in [-0.1, -0.05) is 12.1 Å². The van der Waals surface area contributed by atoms with Crippen LogP contribution in [-0.4, -0.2) is 21.5 Å². The number of rotatable bonds is 3. The number of aromatic nitrogens is 2. The smallest absolute Gasteiger partial charge is 0.227 e. The molecule has 0 aliphatic rings. The normalized spacial score (nSPS) is 11.1. The Morgan fingerprint density at radius 2 is 2.12 bits per heavy atom. The highest BCUT2D eigenvalue weighted by atomic mass is 16.1. The molecule has 90 valence electrons. The van der Waals surface area contributed by atoms with E-state index in [1.807, 2.05) is 49.7 Å². The van der Waals surface area contributed by atoms with Crippen LogP contribution in [-0.2, 0) is 18.3 Å². The number of hydrogen-bond donors (Lipinski definition) is 1. The molecule has 1 amide bonds. The van der Waals surface area contributed by atoms with E-state index in [4.69, 9.17) is 0 Å². The highest BCUT2D eigenvalue weighted by Crippen LogP contribution is 2.14. The van der Waals surface area contributed by atoms with Crippen molar-refractivity contribution in [1.29, 1.82) is 0 Å². The first-order valence-electron chi connectivity index (χ1n) is 5.77. The highest BCUT2D eigenvalue weighted by Gasteiger charge is 2.11. The molecule has 1 aromatic carbocycles. The molecule has 4 nitrogen and oxygen atoms in total. The van der Waals surface area contributed by atoms with Crippen LogP contribution in [0.3, 0.4) is 0 Å². The van der Waals surface area contributed by atoms with Crippen LogP contribution in [0.4, 0.5) is 0 Å². The van der Waals surface area contributed by atoms with Crippen molar-refractivity contribution < 1.29 is 4.79 Å². The summed E-state index contributed by atoms with van der Waals surface area (Å²) in [4.78, 5) is 16.1. The maximum Gasteiger partial charge on any atom is 0.227 e. The third kappa shape index (κ3) is 2.46. The lowest BCUT2D eigenvalue weighted by Gasteiger charge is -2.07. The zero-order valence-corrected chi connectivity index (χ0v) is 10.4. The van der Waals surface area contributed by atoms with Gasteiger partial charge in [0.15, 0.2) is 0 Å². The summed E-state index contributed by atoms with van der Waals surface area (Å²) >= 11 is 0. The van der Waals surface area contributed by atoms with Gasteiger partial charge in [0.25, 0.3) is 0 Å². The van der Waals surface area contributed by atoms with E-state index in [2.05, 4.69) is 10.3 Å². The van der Waals surface area contributed by atoms with Crippen molar-refractivity contribution >= 4 is 16.9 Å². The molecule has 0 spiro atoms. The minimum absolute atomic E-state index is 0.0124. The van der Waals surface area contributed by atoms with E-state index in [-0.39, 0.29) is 11.9 Å². The van der Waals surface area contributed by atoms with Crippen LogP contribution in [0, 0.1) is 0 Å². The second-order valence-electron chi connectivity index (χ2n) is 4.47. The summed E-state index contributed by atoms with van der Waals surface area (Å²) in [5, 5.41) is 2.87. The molecular weight excluding hydrogens is 214 g/mol. The lowest BCUT2D eigenvalue weighted by atomic mass is 10.3. The predicted molar refractivity (Wildman–Crippen MR) is 67.7 cm³/mol. The highest BCUT2D eigenvalue weighted by molar-refractivity contribution is 5.81. The molecule has 2 aromatic rings. The van der Waals surface area contributed by atoms with E-state index in [1.54, 1.807) is 0 Å². The summed E-state index contributed by atoms with van der Waals surface area (Å²) in [6.07, 6.45) is 0.323. The number of nitrogens with one attached hydrogen (secondary N) is 1. The summed E-state index contributed by atoms with van der Waals surface area (Å²) in [6, 6.07) is 8.05. The average Bonchev–Trinajstić information content (AvgIpc) is 2.55. The van der Waals surface area contributed by atoms with E-state index < -0.39 is 0 Å². The Morgan fingerprint density at radius 1 is 1.41 bits per heavy atom. The molecule has 0 fully saturated rings. The van der Waals surface area contributed by atoms with Gasteiger partial charge in [-0.3, -0.25) is 4.79 Å². The molecule has 4 heteroatoms. The largest absolute Gasteiger partial charge is 0.354 e. The standard InChI is InChI=1S/C13H17N3O/c1-9(2)14-13(17)8-12-15-10-6-4-5-7-11(10)16(12)3/h4-7,9H,8H2,1-3H3,(H,14,17). The van der Waals surface area contributed by atoms with Crippen LogP contribution in [0.15, 0.2) is 24.3 Å². The van der Waals surface area contributed by atoms with Crippen molar-refractivity contribution in [3.8, 4) is 0 Å². The summed E-state index contributed by atoms with van der Waals surface area (Å²) in [5.41, 5.74) is 1.99. The van der Waals surface area contributed by atoms with Gasteiger partial charge in [0.1, 0.15) is 5.82 Å². The van der Waals surface area contributed by atoms with Crippen molar-refractivity contribution in [2.24, 2.45) is 7.05 Å².